The van der Waals surface area contributed by atoms with Gasteiger partial charge in [-0.2, -0.15) is 26.3 Å². The number of rotatable bonds is 6. The Morgan fingerprint density at radius 3 is 1.70 bits per heavy atom. The Labute approximate surface area is 218 Å². The number of hydrogen-bond acceptors (Lipinski definition) is 4. The summed E-state index contributed by atoms with van der Waals surface area (Å²) in [5.74, 6) is 0. The summed E-state index contributed by atoms with van der Waals surface area (Å²) in [5.41, 5.74) is -2.88. The molecule has 3 aromatic rings. The maximum Gasteiger partial charge on any atom is 0.430 e. The molecule has 2 aromatic carbocycles. The molecule has 198 valence electrons. The molecule has 1 N–H and O–H groups in total. The molecule has 1 aliphatic rings. The average Bonchev–Trinajstić information content (AvgIpc) is 2.85. The zero-order valence-corrected chi connectivity index (χ0v) is 21.1. The van der Waals surface area contributed by atoms with Gasteiger partial charge in [-0.3, -0.25) is 14.8 Å². The first-order chi connectivity index (χ1) is 17.4. The third kappa shape index (κ3) is 6.00. The van der Waals surface area contributed by atoms with Crippen molar-refractivity contribution in [2.45, 2.75) is 31.0 Å². The molecule has 37 heavy (non-hydrogen) atoms. The highest BCUT2D eigenvalue weighted by atomic mass is 79.9. The molecule has 0 aliphatic carbocycles. The van der Waals surface area contributed by atoms with Gasteiger partial charge < -0.3 is 5.11 Å². The molecular formula is C26H24BrF6N3O. The molecule has 0 amide bonds. The molecule has 0 spiro atoms. The molecule has 1 aromatic heterocycles. The minimum Gasteiger partial charge on any atom is -0.369 e. The van der Waals surface area contributed by atoms with Gasteiger partial charge in [0.2, 0.25) is 0 Å². The zero-order chi connectivity index (χ0) is 26.8. The molecule has 1 aliphatic heterocycles. The molecule has 0 atom stereocenters. The fourth-order valence-corrected chi connectivity index (χ4v) is 4.71. The molecule has 0 bridgehead atoms. The van der Waals surface area contributed by atoms with E-state index in [4.69, 9.17) is 0 Å². The quantitative estimate of drug-likeness (QED) is 0.352. The van der Waals surface area contributed by atoms with Crippen molar-refractivity contribution in [3.8, 4) is 11.1 Å². The predicted octanol–water partition coefficient (Wildman–Crippen LogP) is 6.14. The number of nitrogens with zero attached hydrogens (tertiary/aromatic N) is 3. The van der Waals surface area contributed by atoms with Gasteiger partial charge in [0.25, 0.3) is 5.60 Å². The van der Waals surface area contributed by atoms with Gasteiger partial charge in [0.1, 0.15) is 0 Å². The number of alkyl halides is 6. The van der Waals surface area contributed by atoms with E-state index in [1.165, 1.54) is 5.56 Å². The third-order valence-electron chi connectivity index (χ3n) is 6.53. The standard InChI is InChI=1S/C26H24BrF6N3O/c27-23-15-34-10-9-21(23)17-36-13-11-35(12-14-36)16-18-1-3-19(4-2-18)20-5-7-22(8-6-20)24(37,25(28,29)30)26(31,32)33/h1-10,15,37H,11-14,16-17H2. The highest BCUT2D eigenvalue weighted by molar-refractivity contribution is 9.10. The second kappa shape index (κ2) is 10.7. The van der Waals surface area contributed by atoms with Crippen molar-refractivity contribution in [3.05, 3.63) is 88.2 Å². The minimum absolute atomic E-state index is 0.442. The van der Waals surface area contributed by atoms with Gasteiger partial charge in [0, 0.05) is 61.7 Å². The summed E-state index contributed by atoms with van der Waals surface area (Å²) in [6.07, 6.45) is -8.25. The van der Waals surface area contributed by atoms with Gasteiger partial charge in [-0.1, -0.05) is 48.5 Å². The lowest BCUT2D eigenvalue weighted by molar-refractivity contribution is -0.376. The third-order valence-corrected chi connectivity index (χ3v) is 7.25. The second-order valence-electron chi connectivity index (χ2n) is 9.00. The van der Waals surface area contributed by atoms with Crippen molar-refractivity contribution in [2.24, 2.45) is 0 Å². The summed E-state index contributed by atoms with van der Waals surface area (Å²) in [7, 11) is 0. The zero-order valence-electron chi connectivity index (χ0n) is 19.5. The lowest BCUT2D eigenvalue weighted by Crippen LogP contribution is -2.53. The number of halogens is 7. The first kappa shape index (κ1) is 27.6. The molecule has 4 nitrogen and oxygen atoms in total. The van der Waals surface area contributed by atoms with Crippen LogP contribution in [0.2, 0.25) is 0 Å². The van der Waals surface area contributed by atoms with E-state index in [1.807, 2.05) is 18.2 Å². The van der Waals surface area contributed by atoms with Crippen LogP contribution in [-0.4, -0.2) is 58.4 Å². The first-order valence-corrected chi connectivity index (χ1v) is 12.3. The van der Waals surface area contributed by atoms with E-state index >= 15 is 0 Å². The molecule has 0 radical (unpaired) electrons. The van der Waals surface area contributed by atoms with Crippen LogP contribution in [0.4, 0.5) is 26.3 Å². The Hall–Kier alpha value is -2.47. The van der Waals surface area contributed by atoms with E-state index in [9.17, 15) is 31.4 Å². The monoisotopic (exact) mass is 587 g/mol. The largest absolute Gasteiger partial charge is 0.430 e. The van der Waals surface area contributed by atoms with E-state index < -0.39 is 23.5 Å². The van der Waals surface area contributed by atoms with Gasteiger partial charge in [-0.25, -0.2) is 0 Å². The maximum atomic E-state index is 13.1. The fourth-order valence-electron chi connectivity index (χ4n) is 4.33. The Morgan fingerprint density at radius 2 is 1.22 bits per heavy atom. The Morgan fingerprint density at radius 1 is 0.730 bits per heavy atom. The first-order valence-electron chi connectivity index (χ1n) is 11.5. The van der Waals surface area contributed by atoms with E-state index in [-0.39, 0.29) is 0 Å². The summed E-state index contributed by atoms with van der Waals surface area (Å²) in [5, 5.41) is 9.55. The molecule has 11 heteroatoms. The number of hydrogen-bond donors (Lipinski definition) is 1. The average molecular weight is 588 g/mol. The lowest BCUT2D eigenvalue weighted by atomic mass is 9.90. The summed E-state index contributed by atoms with van der Waals surface area (Å²) < 4.78 is 79.6. The number of aliphatic hydroxyl groups is 1. The molecule has 1 fully saturated rings. The predicted molar refractivity (Wildman–Crippen MR) is 130 cm³/mol. The Bertz CT molecular complexity index is 1180. The highest BCUT2D eigenvalue weighted by Crippen LogP contribution is 2.50. The highest BCUT2D eigenvalue weighted by Gasteiger charge is 2.71. The smallest absolute Gasteiger partial charge is 0.369 e. The van der Waals surface area contributed by atoms with E-state index in [2.05, 4.69) is 30.7 Å². The van der Waals surface area contributed by atoms with Gasteiger partial charge in [-0.05, 0) is 44.3 Å². The lowest BCUT2D eigenvalue weighted by Gasteiger charge is -2.35. The Kier molecular flexibility index (Phi) is 7.99. The van der Waals surface area contributed by atoms with Crippen molar-refractivity contribution in [1.29, 1.82) is 0 Å². The van der Waals surface area contributed by atoms with Gasteiger partial charge in [0.15, 0.2) is 0 Å². The van der Waals surface area contributed by atoms with Crippen LogP contribution in [0.1, 0.15) is 16.7 Å². The van der Waals surface area contributed by atoms with Crippen molar-refractivity contribution in [3.63, 3.8) is 0 Å². The number of piperazine rings is 1. The van der Waals surface area contributed by atoms with Crippen molar-refractivity contribution in [1.82, 2.24) is 14.8 Å². The van der Waals surface area contributed by atoms with E-state index in [0.29, 0.717) is 23.3 Å². The van der Waals surface area contributed by atoms with Crippen LogP contribution >= 0.6 is 15.9 Å². The molecule has 0 unspecified atom stereocenters. The number of benzene rings is 2. The maximum absolute atomic E-state index is 13.1. The van der Waals surface area contributed by atoms with Crippen LogP contribution in [0.3, 0.4) is 0 Å². The van der Waals surface area contributed by atoms with Crippen LogP contribution in [0.25, 0.3) is 11.1 Å². The summed E-state index contributed by atoms with van der Waals surface area (Å²) in [4.78, 5) is 8.80. The second-order valence-corrected chi connectivity index (χ2v) is 9.85. The topological polar surface area (TPSA) is 39.6 Å². The summed E-state index contributed by atoms with van der Waals surface area (Å²) >= 11 is 3.53. The van der Waals surface area contributed by atoms with Crippen LogP contribution < -0.4 is 0 Å². The van der Waals surface area contributed by atoms with Crippen LogP contribution in [0, 0.1) is 0 Å². The van der Waals surface area contributed by atoms with Crippen molar-refractivity contribution in [2.75, 3.05) is 26.2 Å². The van der Waals surface area contributed by atoms with Crippen molar-refractivity contribution >= 4 is 15.9 Å². The molecule has 1 saturated heterocycles. The molecule has 4 rings (SSSR count). The van der Waals surface area contributed by atoms with Crippen LogP contribution in [0.15, 0.2) is 71.5 Å². The Balaban J connectivity index is 1.36. The fraction of sp³-hybridized carbons (Fsp3) is 0.346. The summed E-state index contributed by atoms with van der Waals surface area (Å²) in [6, 6.07) is 13.0. The van der Waals surface area contributed by atoms with Crippen LogP contribution in [-0.2, 0) is 18.7 Å². The van der Waals surface area contributed by atoms with Crippen LogP contribution in [0.5, 0.6) is 0 Å². The van der Waals surface area contributed by atoms with E-state index in [1.54, 1.807) is 24.5 Å². The molecular weight excluding hydrogens is 564 g/mol. The van der Waals surface area contributed by atoms with Gasteiger partial charge >= 0.3 is 12.4 Å². The minimum atomic E-state index is -5.91. The summed E-state index contributed by atoms with van der Waals surface area (Å²) in [6.45, 7) is 5.20. The molecule has 2 heterocycles. The number of pyridine rings is 1. The normalized spacial score (nSPS) is 16.2. The SMILES string of the molecule is OC(c1ccc(-c2ccc(CN3CCN(Cc4ccncc4Br)CC3)cc2)cc1)(C(F)(F)F)C(F)(F)F. The van der Waals surface area contributed by atoms with Gasteiger partial charge in [0.05, 0.1) is 0 Å². The molecule has 0 saturated carbocycles. The van der Waals surface area contributed by atoms with Crippen molar-refractivity contribution < 1.29 is 31.4 Å². The number of aromatic nitrogens is 1. The van der Waals surface area contributed by atoms with Gasteiger partial charge in [-0.15, -0.1) is 0 Å². The van der Waals surface area contributed by atoms with E-state index in [0.717, 1.165) is 61.4 Å².